The van der Waals surface area contributed by atoms with E-state index in [2.05, 4.69) is 20.8 Å². The Morgan fingerprint density at radius 2 is 1.70 bits per heavy atom. The molecule has 0 spiro atoms. The van der Waals surface area contributed by atoms with Crippen LogP contribution in [0.15, 0.2) is 0 Å². The van der Waals surface area contributed by atoms with Crippen LogP contribution in [0.5, 0.6) is 0 Å². The van der Waals surface area contributed by atoms with Crippen molar-refractivity contribution in [1.29, 1.82) is 0 Å². The fourth-order valence-corrected chi connectivity index (χ4v) is 4.87. The lowest BCUT2D eigenvalue weighted by Gasteiger charge is -2.38. The van der Waals surface area contributed by atoms with Gasteiger partial charge in [-0.2, -0.15) is 0 Å². The molecule has 1 aliphatic heterocycles. The smallest absolute Gasteiger partial charge is 0.0661 e. The van der Waals surface area contributed by atoms with Gasteiger partial charge in [0, 0.05) is 25.6 Å². The molecule has 0 bridgehead atoms. The van der Waals surface area contributed by atoms with Crippen molar-refractivity contribution in [2.45, 2.75) is 77.3 Å². The summed E-state index contributed by atoms with van der Waals surface area (Å²) in [6, 6.07) is 0. The van der Waals surface area contributed by atoms with Gasteiger partial charge in [-0.3, -0.25) is 0 Å². The van der Waals surface area contributed by atoms with Crippen LogP contribution >= 0.6 is 0 Å². The first-order valence-electron chi connectivity index (χ1n) is 8.63. The molecule has 2 saturated carbocycles. The van der Waals surface area contributed by atoms with E-state index in [0.717, 1.165) is 31.5 Å². The summed E-state index contributed by atoms with van der Waals surface area (Å²) in [5, 5.41) is 0. The van der Waals surface area contributed by atoms with Gasteiger partial charge in [0.15, 0.2) is 0 Å². The quantitative estimate of drug-likeness (QED) is 0.791. The van der Waals surface area contributed by atoms with Crippen molar-refractivity contribution in [3.63, 3.8) is 0 Å². The highest BCUT2D eigenvalue weighted by atomic mass is 16.5. The number of ether oxygens (including phenoxy) is 3. The number of hydrogen-bond acceptors (Lipinski definition) is 3. The average Bonchev–Trinajstić information content (AvgIpc) is 2.81. The summed E-state index contributed by atoms with van der Waals surface area (Å²) in [5.41, 5.74) is 0. The summed E-state index contributed by atoms with van der Waals surface area (Å²) < 4.78 is 18.2. The van der Waals surface area contributed by atoms with E-state index in [0.29, 0.717) is 30.3 Å². The molecular weight excluding hydrogens is 252 g/mol. The molecule has 1 heterocycles. The van der Waals surface area contributed by atoms with Crippen LogP contribution in [0, 0.1) is 17.8 Å². The van der Waals surface area contributed by atoms with Gasteiger partial charge in [0.25, 0.3) is 0 Å². The number of fused-ring (bicyclic) bond motifs is 3. The average molecular weight is 282 g/mol. The van der Waals surface area contributed by atoms with Crippen molar-refractivity contribution in [2.24, 2.45) is 17.8 Å². The van der Waals surface area contributed by atoms with Crippen molar-refractivity contribution in [1.82, 2.24) is 0 Å². The third-order valence-corrected chi connectivity index (χ3v) is 5.77. The molecule has 0 aromatic carbocycles. The molecule has 2 aliphatic carbocycles. The van der Waals surface area contributed by atoms with Crippen LogP contribution in [-0.4, -0.2) is 37.6 Å². The second-order valence-corrected chi connectivity index (χ2v) is 6.79. The minimum absolute atomic E-state index is 0.407. The molecule has 20 heavy (non-hydrogen) atoms. The Morgan fingerprint density at radius 3 is 2.45 bits per heavy atom. The van der Waals surface area contributed by atoms with E-state index < -0.39 is 0 Å². The fourth-order valence-electron chi connectivity index (χ4n) is 4.87. The van der Waals surface area contributed by atoms with E-state index in [-0.39, 0.29) is 0 Å². The first-order valence-corrected chi connectivity index (χ1v) is 8.63. The second-order valence-electron chi connectivity index (χ2n) is 6.79. The van der Waals surface area contributed by atoms with Gasteiger partial charge < -0.3 is 14.2 Å². The highest BCUT2D eigenvalue weighted by molar-refractivity contribution is 5.00. The molecule has 3 aliphatic rings. The van der Waals surface area contributed by atoms with Gasteiger partial charge in [-0.15, -0.1) is 0 Å². The highest BCUT2D eigenvalue weighted by Crippen LogP contribution is 2.49. The predicted octanol–water partition coefficient (Wildman–Crippen LogP) is 3.41. The standard InChI is InChI=1S/C17H30O3/c1-4-18-12-6-7-13-14-8-9-15(19-5-2)11(3)17(14)20-16(13)10-12/h11-17H,4-10H2,1-3H3. The maximum atomic E-state index is 6.47. The highest BCUT2D eigenvalue weighted by Gasteiger charge is 2.51. The van der Waals surface area contributed by atoms with E-state index in [1.807, 2.05) is 0 Å². The van der Waals surface area contributed by atoms with Gasteiger partial charge in [-0.25, -0.2) is 0 Å². The molecule has 1 saturated heterocycles. The first-order chi connectivity index (χ1) is 9.74. The van der Waals surface area contributed by atoms with Gasteiger partial charge in [0.2, 0.25) is 0 Å². The molecule has 7 unspecified atom stereocenters. The molecule has 0 aromatic rings. The van der Waals surface area contributed by atoms with Crippen LogP contribution in [0.2, 0.25) is 0 Å². The Bertz CT molecular complexity index is 319. The molecule has 0 N–H and O–H groups in total. The third kappa shape index (κ3) is 2.65. The lowest BCUT2D eigenvalue weighted by molar-refractivity contribution is -0.0953. The lowest BCUT2D eigenvalue weighted by atomic mass is 9.69. The Morgan fingerprint density at radius 1 is 0.950 bits per heavy atom. The molecule has 3 fully saturated rings. The largest absolute Gasteiger partial charge is 0.378 e. The van der Waals surface area contributed by atoms with E-state index in [9.17, 15) is 0 Å². The third-order valence-electron chi connectivity index (χ3n) is 5.77. The summed E-state index contributed by atoms with van der Waals surface area (Å²) in [6.07, 6.45) is 7.85. The minimum atomic E-state index is 0.407. The van der Waals surface area contributed by atoms with Gasteiger partial charge in [0.1, 0.15) is 0 Å². The summed E-state index contributed by atoms with van der Waals surface area (Å²) in [4.78, 5) is 0. The van der Waals surface area contributed by atoms with E-state index in [1.165, 1.54) is 25.7 Å². The van der Waals surface area contributed by atoms with Crippen LogP contribution in [0.1, 0.15) is 52.9 Å². The maximum Gasteiger partial charge on any atom is 0.0661 e. The summed E-state index contributed by atoms with van der Waals surface area (Å²) in [7, 11) is 0. The topological polar surface area (TPSA) is 27.7 Å². The lowest BCUT2D eigenvalue weighted by Crippen LogP contribution is -2.41. The van der Waals surface area contributed by atoms with Crippen LogP contribution in [0.25, 0.3) is 0 Å². The first kappa shape index (κ1) is 14.8. The van der Waals surface area contributed by atoms with Crippen molar-refractivity contribution in [2.75, 3.05) is 13.2 Å². The van der Waals surface area contributed by atoms with Gasteiger partial charge in [-0.05, 0) is 51.4 Å². The van der Waals surface area contributed by atoms with Crippen LogP contribution < -0.4 is 0 Å². The van der Waals surface area contributed by atoms with Crippen molar-refractivity contribution in [3.05, 3.63) is 0 Å². The zero-order chi connectivity index (χ0) is 14.1. The molecule has 3 rings (SSSR count). The van der Waals surface area contributed by atoms with E-state index in [1.54, 1.807) is 0 Å². The minimum Gasteiger partial charge on any atom is -0.378 e. The molecule has 0 radical (unpaired) electrons. The normalized spacial score (nSPS) is 47.9. The maximum absolute atomic E-state index is 6.47. The second kappa shape index (κ2) is 6.33. The Labute approximate surface area is 123 Å². The Balaban J connectivity index is 1.64. The molecule has 3 nitrogen and oxygen atoms in total. The van der Waals surface area contributed by atoms with Crippen molar-refractivity contribution < 1.29 is 14.2 Å². The zero-order valence-corrected chi connectivity index (χ0v) is 13.2. The summed E-state index contributed by atoms with van der Waals surface area (Å²) >= 11 is 0. The van der Waals surface area contributed by atoms with Crippen LogP contribution in [0.4, 0.5) is 0 Å². The predicted molar refractivity (Wildman–Crippen MR) is 78.7 cm³/mol. The van der Waals surface area contributed by atoms with E-state index >= 15 is 0 Å². The Kier molecular flexibility index (Phi) is 4.68. The summed E-state index contributed by atoms with van der Waals surface area (Å²) in [6.45, 7) is 8.18. The zero-order valence-electron chi connectivity index (χ0n) is 13.2. The SMILES string of the molecule is CCOC1CCC2C(C1)OC1C(C)C(OCC)CCC21. The van der Waals surface area contributed by atoms with Crippen molar-refractivity contribution in [3.8, 4) is 0 Å². The van der Waals surface area contributed by atoms with Gasteiger partial charge in [-0.1, -0.05) is 6.92 Å². The molecule has 0 aromatic heterocycles. The molecule has 3 heteroatoms. The van der Waals surface area contributed by atoms with Crippen molar-refractivity contribution >= 4 is 0 Å². The van der Waals surface area contributed by atoms with Gasteiger partial charge >= 0.3 is 0 Å². The molecule has 0 amide bonds. The van der Waals surface area contributed by atoms with E-state index in [4.69, 9.17) is 14.2 Å². The molecule has 7 atom stereocenters. The van der Waals surface area contributed by atoms with Gasteiger partial charge in [0.05, 0.1) is 24.4 Å². The van der Waals surface area contributed by atoms with Crippen LogP contribution in [-0.2, 0) is 14.2 Å². The molecular formula is C17H30O3. The summed E-state index contributed by atoms with van der Waals surface area (Å²) in [5.74, 6) is 2.10. The number of rotatable bonds is 4. The Hall–Kier alpha value is -0.120. The monoisotopic (exact) mass is 282 g/mol. The molecule has 116 valence electrons. The van der Waals surface area contributed by atoms with Crippen LogP contribution in [0.3, 0.4) is 0 Å². The number of hydrogen-bond donors (Lipinski definition) is 0. The fraction of sp³-hybridized carbons (Fsp3) is 1.00.